The number of hydrogen-bond donors (Lipinski definition) is 0. The summed E-state index contributed by atoms with van der Waals surface area (Å²) in [6, 6.07) is 4.28. The van der Waals surface area contributed by atoms with Gasteiger partial charge in [-0.25, -0.2) is 0 Å². The molecule has 0 radical (unpaired) electrons. The number of esters is 2. The molecule has 1 aromatic carbocycles. The van der Waals surface area contributed by atoms with Crippen LogP contribution in [0.2, 0.25) is 0 Å². The van der Waals surface area contributed by atoms with Gasteiger partial charge in [0.1, 0.15) is 0 Å². The largest absolute Gasteiger partial charge is 0.469 e. The summed E-state index contributed by atoms with van der Waals surface area (Å²) < 4.78 is 9.01. The molecule has 0 bridgehead atoms. The van der Waals surface area contributed by atoms with Crippen LogP contribution in [-0.2, 0) is 31.9 Å². The Hall–Kier alpha value is -2.44. The predicted octanol–water partition coefficient (Wildman–Crippen LogP) is 1.03. The summed E-state index contributed by atoms with van der Waals surface area (Å²) in [6.07, 6.45) is -0.398. The fraction of sp³-hybridized carbons (Fsp3) is 0.333. The molecule has 0 unspecified atom stereocenters. The fourth-order valence-corrected chi connectivity index (χ4v) is 1.61. The van der Waals surface area contributed by atoms with Gasteiger partial charge in [-0.15, -0.1) is 0 Å². The normalized spacial score (nSPS) is 9.79. The Labute approximate surface area is 109 Å². The van der Waals surface area contributed by atoms with Gasteiger partial charge in [0, 0.05) is 11.6 Å². The van der Waals surface area contributed by atoms with Gasteiger partial charge < -0.3 is 9.47 Å². The van der Waals surface area contributed by atoms with Crippen LogP contribution in [0.25, 0.3) is 0 Å². The fourth-order valence-electron chi connectivity index (χ4n) is 1.61. The molecule has 1 rings (SSSR count). The molecule has 0 aromatic heterocycles. The SMILES string of the molecule is COC(=O)Cc1cccc([N+](=O)[O-])c1CC(=O)OC. The minimum absolute atomic E-state index is 0.134. The Bertz CT molecular complexity index is 511. The molecule has 7 heteroatoms. The molecule has 0 N–H and O–H groups in total. The first-order chi connectivity index (χ1) is 8.99. The van der Waals surface area contributed by atoms with Crippen molar-refractivity contribution in [3.8, 4) is 0 Å². The molecule has 0 amide bonds. The maximum Gasteiger partial charge on any atom is 0.310 e. The second-order valence-corrected chi connectivity index (χ2v) is 3.68. The lowest BCUT2D eigenvalue weighted by atomic mass is 10.00. The smallest absolute Gasteiger partial charge is 0.310 e. The number of hydrogen-bond acceptors (Lipinski definition) is 6. The second kappa shape index (κ2) is 6.48. The molecule has 1 aromatic rings. The zero-order valence-electron chi connectivity index (χ0n) is 10.5. The average Bonchev–Trinajstić information content (AvgIpc) is 2.39. The van der Waals surface area contributed by atoms with Crippen LogP contribution < -0.4 is 0 Å². The number of carbonyl (C=O) groups is 2. The van der Waals surface area contributed by atoms with Crippen LogP contribution in [0, 0.1) is 10.1 Å². The molecule has 0 aliphatic rings. The minimum Gasteiger partial charge on any atom is -0.469 e. The second-order valence-electron chi connectivity index (χ2n) is 3.68. The maximum atomic E-state index is 11.3. The Balaban J connectivity index is 3.21. The molecule has 0 atom stereocenters. The summed E-state index contributed by atoms with van der Waals surface area (Å²) in [5, 5.41) is 10.9. The van der Waals surface area contributed by atoms with Gasteiger partial charge in [0.25, 0.3) is 5.69 Å². The molecule has 0 saturated heterocycles. The molecule has 0 aliphatic heterocycles. The van der Waals surface area contributed by atoms with E-state index in [1.54, 1.807) is 6.07 Å². The van der Waals surface area contributed by atoms with Gasteiger partial charge >= 0.3 is 11.9 Å². The topological polar surface area (TPSA) is 95.7 Å². The Morgan fingerprint density at radius 1 is 1.16 bits per heavy atom. The summed E-state index contributed by atoms with van der Waals surface area (Å²) in [5.41, 5.74) is 0.336. The third-order valence-corrected chi connectivity index (χ3v) is 2.56. The van der Waals surface area contributed by atoms with Crippen LogP contribution in [0.4, 0.5) is 5.69 Å². The van der Waals surface area contributed by atoms with E-state index in [4.69, 9.17) is 0 Å². The number of rotatable bonds is 5. The summed E-state index contributed by atoms with van der Waals surface area (Å²) in [4.78, 5) is 32.9. The van der Waals surface area contributed by atoms with Crippen molar-refractivity contribution in [1.82, 2.24) is 0 Å². The standard InChI is InChI=1S/C12H13NO6/c1-18-11(14)6-8-4-3-5-10(13(16)17)9(8)7-12(15)19-2/h3-5H,6-7H2,1-2H3. The molecule has 0 spiro atoms. The molecular formula is C12H13NO6. The number of nitro benzene ring substituents is 1. The number of nitro groups is 1. The number of methoxy groups -OCH3 is 2. The zero-order valence-corrected chi connectivity index (χ0v) is 10.5. The van der Waals surface area contributed by atoms with Gasteiger partial charge in [0.15, 0.2) is 0 Å². The zero-order chi connectivity index (χ0) is 14.4. The monoisotopic (exact) mass is 267 g/mol. The summed E-state index contributed by atoms with van der Waals surface area (Å²) in [6.45, 7) is 0. The predicted molar refractivity (Wildman–Crippen MR) is 64.5 cm³/mol. The number of benzene rings is 1. The summed E-state index contributed by atoms with van der Waals surface area (Å²) in [5.74, 6) is -1.15. The van der Waals surface area contributed by atoms with Crippen molar-refractivity contribution in [2.75, 3.05) is 14.2 Å². The first kappa shape index (κ1) is 14.6. The highest BCUT2D eigenvalue weighted by molar-refractivity contribution is 5.78. The van der Waals surface area contributed by atoms with Crippen molar-refractivity contribution < 1.29 is 24.0 Å². The third kappa shape index (κ3) is 3.77. The quantitative estimate of drug-likeness (QED) is 0.449. The minimum atomic E-state index is -0.611. The van der Waals surface area contributed by atoms with Gasteiger partial charge in [-0.3, -0.25) is 19.7 Å². The van der Waals surface area contributed by atoms with Gasteiger partial charge in [-0.2, -0.15) is 0 Å². The lowest BCUT2D eigenvalue weighted by Gasteiger charge is -2.08. The van der Waals surface area contributed by atoms with Crippen LogP contribution in [0.3, 0.4) is 0 Å². The molecule has 0 saturated carbocycles. The highest BCUT2D eigenvalue weighted by Gasteiger charge is 2.21. The highest BCUT2D eigenvalue weighted by Crippen LogP contribution is 2.24. The molecule has 7 nitrogen and oxygen atoms in total. The van der Waals surface area contributed by atoms with Crippen molar-refractivity contribution in [2.24, 2.45) is 0 Å². The van der Waals surface area contributed by atoms with Crippen molar-refractivity contribution in [1.29, 1.82) is 0 Å². The molecule has 19 heavy (non-hydrogen) atoms. The molecule has 0 aliphatic carbocycles. The van der Waals surface area contributed by atoms with Gasteiger partial charge in [-0.05, 0) is 5.56 Å². The molecule has 0 heterocycles. The average molecular weight is 267 g/mol. The first-order valence-electron chi connectivity index (χ1n) is 5.38. The van der Waals surface area contributed by atoms with E-state index in [1.165, 1.54) is 26.4 Å². The van der Waals surface area contributed by atoms with Crippen LogP contribution >= 0.6 is 0 Å². The summed E-state index contributed by atoms with van der Waals surface area (Å²) in [7, 11) is 2.41. The Morgan fingerprint density at radius 2 is 1.74 bits per heavy atom. The van der Waals surface area contributed by atoms with E-state index in [1.807, 2.05) is 0 Å². The van der Waals surface area contributed by atoms with Gasteiger partial charge in [-0.1, -0.05) is 12.1 Å². The van der Waals surface area contributed by atoms with Crippen molar-refractivity contribution in [3.63, 3.8) is 0 Å². The summed E-state index contributed by atoms with van der Waals surface area (Å²) >= 11 is 0. The van der Waals surface area contributed by atoms with Crippen LogP contribution in [0.1, 0.15) is 11.1 Å². The van der Waals surface area contributed by atoms with Crippen LogP contribution in [-0.4, -0.2) is 31.1 Å². The van der Waals surface area contributed by atoms with Gasteiger partial charge in [0.05, 0.1) is 32.0 Å². The number of nitrogens with zero attached hydrogens (tertiary/aromatic N) is 1. The van der Waals surface area contributed by atoms with Crippen LogP contribution in [0.15, 0.2) is 18.2 Å². The van der Waals surface area contributed by atoms with Crippen molar-refractivity contribution in [3.05, 3.63) is 39.4 Å². The van der Waals surface area contributed by atoms with E-state index in [-0.39, 0.29) is 24.1 Å². The molecule has 102 valence electrons. The van der Waals surface area contributed by atoms with Crippen LogP contribution in [0.5, 0.6) is 0 Å². The maximum absolute atomic E-state index is 11.3. The molecule has 0 fully saturated rings. The van der Waals surface area contributed by atoms with E-state index in [2.05, 4.69) is 9.47 Å². The van der Waals surface area contributed by atoms with Crippen molar-refractivity contribution in [2.45, 2.75) is 12.8 Å². The van der Waals surface area contributed by atoms with E-state index in [0.717, 1.165) is 0 Å². The van der Waals surface area contributed by atoms with E-state index in [0.29, 0.717) is 5.56 Å². The number of ether oxygens (including phenoxy) is 2. The lowest BCUT2D eigenvalue weighted by molar-refractivity contribution is -0.385. The highest BCUT2D eigenvalue weighted by atomic mass is 16.6. The van der Waals surface area contributed by atoms with Gasteiger partial charge in [0.2, 0.25) is 0 Å². The van der Waals surface area contributed by atoms with Crippen molar-refractivity contribution >= 4 is 17.6 Å². The third-order valence-electron chi connectivity index (χ3n) is 2.56. The van der Waals surface area contributed by atoms with E-state index >= 15 is 0 Å². The first-order valence-corrected chi connectivity index (χ1v) is 5.38. The Morgan fingerprint density at radius 3 is 2.26 bits per heavy atom. The molecular weight excluding hydrogens is 254 g/mol. The van der Waals surface area contributed by atoms with E-state index < -0.39 is 16.9 Å². The Kier molecular flexibility index (Phi) is 4.99. The lowest BCUT2D eigenvalue weighted by Crippen LogP contribution is -2.12. The van der Waals surface area contributed by atoms with E-state index in [9.17, 15) is 19.7 Å². The number of carbonyl (C=O) groups excluding carboxylic acids is 2.